The van der Waals surface area contributed by atoms with E-state index in [0.717, 1.165) is 24.5 Å². The third-order valence-electron chi connectivity index (χ3n) is 2.36. The number of allylic oxidation sites excluding steroid dienone is 1. The minimum atomic E-state index is 0.721. The topological polar surface area (TPSA) is 12.5 Å². The van der Waals surface area contributed by atoms with Crippen LogP contribution in [0.2, 0.25) is 0 Å². The van der Waals surface area contributed by atoms with E-state index in [1.54, 1.807) is 0 Å². The molecule has 0 radical (unpaired) electrons. The first kappa shape index (κ1) is 10.3. The lowest BCUT2D eigenvalue weighted by Gasteiger charge is -2.15. The van der Waals surface area contributed by atoms with Crippen LogP contribution in [0.3, 0.4) is 0 Å². The highest BCUT2D eigenvalue weighted by atomic mass is 16.5. The summed E-state index contributed by atoms with van der Waals surface area (Å²) in [6, 6.07) is 0. The highest BCUT2D eigenvalue weighted by Crippen LogP contribution is 2.08. The van der Waals surface area contributed by atoms with Gasteiger partial charge in [-0.05, 0) is 38.4 Å². The number of hydrogen-bond acceptors (Lipinski definition) is 2. The number of hydrogen-bond donors (Lipinski definition) is 0. The van der Waals surface area contributed by atoms with Crippen LogP contribution >= 0.6 is 0 Å². The van der Waals surface area contributed by atoms with Crippen molar-refractivity contribution in [1.82, 2.24) is 4.90 Å². The van der Waals surface area contributed by atoms with Gasteiger partial charge in [-0.2, -0.15) is 0 Å². The Hall–Kier alpha value is -0.760. The summed E-state index contributed by atoms with van der Waals surface area (Å²) >= 11 is 0. The van der Waals surface area contributed by atoms with Crippen LogP contribution in [0.5, 0.6) is 0 Å². The van der Waals surface area contributed by atoms with Crippen LogP contribution in [0.25, 0.3) is 0 Å². The second-order valence-electron chi connectivity index (χ2n) is 3.60. The molecule has 13 heavy (non-hydrogen) atoms. The molecule has 1 saturated heterocycles. The van der Waals surface area contributed by atoms with Gasteiger partial charge in [0.2, 0.25) is 0 Å². The van der Waals surface area contributed by atoms with E-state index in [9.17, 15) is 0 Å². The molecule has 1 rings (SSSR count). The Balaban J connectivity index is 2.06. The van der Waals surface area contributed by atoms with Crippen LogP contribution in [0.4, 0.5) is 0 Å². The van der Waals surface area contributed by atoms with Gasteiger partial charge in [0.25, 0.3) is 0 Å². The maximum atomic E-state index is 5.43. The van der Waals surface area contributed by atoms with E-state index in [1.807, 2.05) is 6.92 Å². The average Bonchev–Trinajstić information content (AvgIpc) is 2.56. The van der Waals surface area contributed by atoms with Crippen molar-refractivity contribution in [2.24, 2.45) is 0 Å². The maximum absolute atomic E-state index is 5.43. The number of nitrogens with zero attached hydrogens (tertiary/aromatic N) is 1. The van der Waals surface area contributed by atoms with E-state index in [-0.39, 0.29) is 0 Å². The molecule has 1 fully saturated rings. The SMILES string of the molecule is C=C(C)C(=C)OCCN1CCCC1. The molecule has 0 aromatic rings. The molecule has 0 aliphatic carbocycles. The van der Waals surface area contributed by atoms with E-state index in [2.05, 4.69) is 18.1 Å². The Morgan fingerprint density at radius 3 is 2.46 bits per heavy atom. The van der Waals surface area contributed by atoms with Gasteiger partial charge in [-0.1, -0.05) is 13.2 Å². The largest absolute Gasteiger partial charge is 0.493 e. The zero-order chi connectivity index (χ0) is 9.68. The number of rotatable bonds is 5. The van der Waals surface area contributed by atoms with Gasteiger partial charge in [-0.3, -0.25) is 4.90 Å². The minimum absolute atomic E-state index is 0.721. The minimum Gasteiger partial charge on any atom is -0.493 e. The summed E-state index contributed by atoms with van der Waals surface area (Å²) < 4.78 is 5.43. The van der Waals surface area contributed by atoms with Gasteiger partial charge in [0.15, 0.2) is 0 Å². The average molecular weight is 181 g/mol. The summed E-state index contributed by atoms with van der Waals surface area (Å²) in [5.74, 6) is 0.721. The molecular weight excluding hydrogens is 162 g/mol. The normalized spacial score (nSPS) is 17.3. The quantitative estimate of drug-likeness (QED) is 0.476. The standard InChI is InChI=1S/C11H19NO/c1-10(2)11(3)13-9-8-12-6-4-5-7-12/h1,3-9H2,2H3. The Labute approximate surface area is 80.9 Å². The first-order chi connectivity index (χ1) is 6.20. The molecule has 0 bridgehead atoms. The van der Waals surface area contributed by atoms with Crippen molar-refractivity contribution in [3.63, 3.8) is 0 Å². The summed E-state index contributed by atoms with van der Waals surface area (Å²) in [7, 11) is 0. The monoisotopic (exact) mass is 181 g/mol. The van der Waals surface area contributed by atoms with Crippen LogP contribution in [-0.4, -0.2) is 31.1 Å². The van der Waals surface area contributed by atoms with Crippen molar-refractivity contribution < 1.29 is 4.74 Å². The van der Waals surface area contributed by atoms with Crippen molar-refractivity contribution in [3.8, 4) is 0 Å². The zero-order valence-electron chi connectivity index (χ0n) is 8.51. The molecule has 0 spiro atoms. The lowest BCUT2D eigenvalue weighted by atomic mass is 10.3. The fraction of sp³-hybridized carbons (Fsp3) is 0.636. The van der Waals surface area contributed by atoms with Crippen molar-refractivity contribution in [1.29, 1.82) is 0 Å². The molecule has 1 heterocycles. The van der Waals surface area contributed by atoms with Gasteiger partial charge >= 0.3 is 0 Å². The van der Waals surface area contributed by atoms with E-state index < -0.39 is 0 Å². The van der Waals surface area contributed by atoms with Crippen molar-refractivity contribution in [2.75, 3.05) is 26.2 Å². The third-order valence-corrected chi connectivity index (χ3v) is 2.36. The fourth-order valence-electron chi connectivity index (χ4n) is 1.43. The lowest BCUT2D eigenvalue weighted by molar-refractivity contribution is 0.178. The molecule has 74 valence electrons. The summed E-state index contributed by atoms with van der Waals surface area (Å²) in [6.45, 7) is 13.7. The van der Waals surface area contributed by atoms with E-state index in [4.69, 9.17) is 4.74 Å². The van der Waals surface area contributed by atoms with Crippen LogP contribution in [0.1, 0.15) is 19.8 Å². The van der Waals surface area contributed by atoms with Crippen molar-refractivity contribution in [2.45, 2.75) is 19.8 Å². The molecule has 0 saturated carbocycles. The van der Waals surface area contributed by atoms with Crippen molar-refractivity contribution in [3.05, 3.63) is 24.5 Å². The van der Waals surface area contributed by atoms with Gasteiger partial charge in [-0.25, -0.2) is 0 Å². The van der Waals surface area contributed by atoms with Gasteiger partial charge in [0, 0.05) is 6.54 Å². The highest BCUT2D eigenvalue weighted by Gasteiger charge is 2.10. The molecule has 0 aromatic carbocycles. The number of ether oxygens (including phenoxy) is 1. The predicted molar refractivity (Wildman–Crippen MR) is 55.6 cm³/mol. The van der Waals surface area contributed by atoms with E-state index >= 15 is 0 Å². The summed E-state index contributed by atoms with van der Waals surface area (Å²) in [5, 5.41) is 0. The predicted octanol–water partition coefficient (Wildman–Crippen LogP) is 2.19. The first-order valence-corrected chi connectivity index (χ1v) is 4.90. The van der Waals surface area contributed by atoms with Crippen molar-refractivity contribution >= 4 is 0 Å². The Morgan fingerprint density at radius 2 is 1.92 bits per heavy atom. The zero-order valence-corrected chi connectivity index (χ0v) is 8.51. The Morgan fingerprint density at radius 1 is 1.31 bits per heavy atom. The first-order valence-electron chi connectivity index (χ1n) is 4.90. The summed E-state index contributed by atoms with van der Waals surface area (Å²) in [5.41, 5.74) is 0.918. The highest BCUT2D eigenvalue weighted by molar-refractivity contribution is 5.15. The summed E-state index contributed by atoms with van der Waals surface area (Å²) in [6.07, 6.45) is 2.67. The third kappa shape index (κ3) is 3.64. The smallest absolute Gasteiger partial charge is 0.114 e. The van der Waals surface area contributed by atoms with Crippen LogP contribution in [0.15, 0.2) is 24.5 Å². The molecule has 0 amide bonds. The molecular formula is C11H19NO. The van der Waals surface area contributed by atoms with Gasteiger partial charge < -0.3 is 4.74 Å². The molecule has 0 N–H and O–H groups in total. The molecule has 2 nitrogen and oxygen atoms in total. The van der Waals surface area contributed by atoms with Gasteiger partial charge in [0.1, 0.15) is 12.4 Å². The van der Waals surface area contributed by atoms with E-state index in [0.29, 0.717) is 0 Å². The second kappa shape index (κ2) is 5.07. The molecule has 0 atom stereocenters. The lowest BCUT2D eigenvalue weighted by Crippen LogP contribution is -2.23. The number of likely N-dealkylation sites (tertiary alicyclic amines) is 1. The fourth-order valence-corrected chi connectivity index (χ4v) is 1.43. The molecule has 2 heteroatoms. The maximum Gasteiger partial charge on any atom is 0.114 e. The van der Waals surface area contributed by atoms with Crippen LogP contribution < -0.4 is 0 Å². The molecule has 1 aliphatic heterocycles. The van der Waals surface area contributed by atoms with Crippen LogP contribution in [0, 0.1) is 0 Å². The molecule has 1 aliphatic rings. The molecule has 0 unspecified atom stereocenters. The Bertz CT molecular complexity index is 192. The Kier molecular flexibility index (Phi) is 4.03. The van der Waals surface area contributed by atoms with E-state index in [1.165, 1.54) is 25.9 Å². The van der Waals surface area contributed by atoms with Gasteiger partial charge in [0.05, 0.1) is 0 Å². The molecule has 0 aromatic heterocycles. The van der Waals surface area contributed by atoms with Crippen LogP contribution in [-0.2, 0) is 4.74 Å². The van der Waals surface area contributed by atoms with Gasteiger partial charge in [-0.15, -0.1) is 0 Å². The second-order valence-corrected chi connectivity index (χ2v) is 3.60. The summed E-state index contributed by atoms with van der Waals surface area (Å²) in [4.78, 5) is 2.42.